The van der Waals surface area contributed by atoms with E-state index in [0.29, 0.717) is 32.7 Å². The van der Waals surface area contributed by atoms with Gasteiger partial charge in [0.15, 0.2) is 0 Å². The SMILES string of the molecule is COC(=O)C(CN)N1CCN(Cc2ccc(C(F)(F)F)cc2)CC1. The molecule has 1 aliphatic rings. The van der Waals surface area contributed by atoms with Gasteiger partial charge in [0.1, 0.15) is 6.04 Å². The number of carbonyl (C=O) groups excluding carboxylic acids is 1. The average Bonchev–Trinajstić information content (AvgIpc) is 2.56. The number of hydrogen-bond acceptors (Lipinski definition) is 5. The van der Waals surface area contributed by atoms with Gasteiger partial charge < -0.3 is 10.5 Å². The van der Waals surface area contributed by atoms with E-state index < -0.39 is 17.8 Å². The Labute approximate surface area is 139 Å². The minimum atomic E-state index is -4.31. The van der Waals surface area contributed by atoms with Crippen LogP contribution in [-0.4, -0.2) is 61.6 Å². The van der Waals surface area contributed by atoms with Crippen molar-refractivity contribution in [1.82, 2.24) is 9.80 Å². The van der Waals surface area contributed by atoms with Crippen LogP contribution in [0.5, 0.6) is 0 Å². The number of ether oxygens (including phenoxy) is 1. The topological polar surface area (TPSA) is 58.8 Å². The number of methoxy groups -OCH3 is 1. The summed E-state index contributed by atoms with van der Waals surface area (Å²) < 4.78 is 42.4. The van der Waals surface area contributed by atoms with Crippen LogP contribution < -0.4 is 5.73 Å². The summed E-state index contributed by atoms with van der Waals surface area (Å²) in [7, 11) is 1.34. The van der Waals surface area contributed by atoms with Gasteiger partial charge in [0.25, 0.3) is 0 Å². The van der Waals surface area contributed by atoms with Gasteiger partial charge in [0.05, 0.1) is 12.7 Å². The van der Waals surface area contributed by atoms with Crippen LogP contribution in [0.4, 0.5) is 13.2 Å². The molecular weight excluding hydrogens is 323 g/mol. The van der Waals surface area contributed by atoms with Crippen molar-refractivity contribution in [3.63, 3.8) is 0 Å². The van der Waals surface area contributed by atoms with Crippen LogP contribution in [0.2, 0.25) is 0 Å². The van der Waals surface area contributed by atoms with Crippen LogP contribution in [0.25, 0.3) is 0 Å². The monoisotopic (exact) mass is 345 g/mol. The predicted octanol–water partition coefficient (Wildman–Crippen LogP) is 1.32. The molecule has 1 aliphatic heterocycles. The lowest BCUT2D eigenvalue weighted by Crippen LogP contribution is -2.55. The van der Waals surface area contributed by atoms with Gasteiger partial charge in [-0.05, 0) is 17.7 Å². The Morgan fingerprint density at radius 3 is 2.25 bits per heavy atom. The van der Waals surface area contributed by atoms with Gasteiger partial charge in [-0.3, -0.25) is 14.6 Å². The molecule has 24 heavy (non-hydrogen) atoms. The van der Waals surface area contributed by atoms with Crippen molar-refractivity contribution in [2.24, 2.45) is 5.73 Å². The van der Waals surface area contributed by atoms with E-state index in [1.807, 2.05) is 4.90 Å². The Kier molecular flexibility index (Phi) is 6.20. The molecule has 2 N–H and O–H groups in total. The molecule has 5 nitrogen and oxygen atoms in total. The van der Waals surface area contributed by atoms with E-state index in [1.54, 1.807) is 0 Å². The molecule has 1 aromatic rings. The number of hydrogen-bond donors (Lipinski definition) is 1. The van der Waals surface area contributed by atoms with E-state index in [2.05, 4.69) is 4.90 Å². The van der Waals surface area contributed by atoms with Gasteiger partial charge in [-0.2, -0.15) is 13.2 Å². The number of rotatable bonds is 5. The molecule has 8 heteroatoms. The summed E-state index contributed by atoms with van der Waals surface area (Å²) >= 11 is 0. The zero-order valence-corrected chi connectivity index (χ0v) is 13.6. The molecule has 0 aliphatic carbocycles. The van der Waals surface area contributed by atoms with Crippen LogP contribution in [0, 0.1) is 0 Å². The Hall–Kier alpha value is -1.64. The molecule has 0 spiro atoms. The Bertz CT molecular complexity index is 540. The minimum Gasteiger partial charge on any atom is -0.468 e. The van der Waals surface area contributed by atoms with Crippen molar-refractivity contribution >= 4 is 5.97 Å². The fraction of sp³-hybridized carbons (Fsp3) is 0.562. The summed E-state index contributed by atoms with van der Waals surface area (Å²) in [6, 6.07) is 4.78. The molecule has 0 aromatic heterocycles. The number of nitrogens with two attached hydrogens (primary N) is 1. The first-order chi connectivity index (χ1) is 11.3. The summed E-state index contributed by atoms with van der Waals surface area (Å²) in [6.07, 6.45) is -4.31. The summed E-state index contributed by atoms with van der Waals surface area (Å²) in [5.74, 6) is -0.339. The first-order valence-corrected chi connectivity index (χ1v) is 7.75. The van der Waals surface area contributed by atoms with Gasteiger partial charge in [-0.25, -0.2) is 0 Å². The van der Waals surface area contributed by atoms with Gasteiger partial charge in [0.2, 0.25) is 0 Å². The van der Waals surface area contributed by atoms with Crippen LogP contribution in [0.3, 0.4) is 0 Å². The van der Waals surface area contributed by atoms with Crippen molar-refractivity contribution in [2.75, 3.05) is 39.8 Å². The lowest BCUT2D eigenvalue weighted by Gasteiger charge is -2.37. The summed E-state index contributed by atoms with van der Waals surface area (Å²) in [4.78, 5) is 15.8. The van der Waals surface area contributed by atoms with Crippen molar-refractivity contribution in [3.8, 4) is 0 Å². The second-order valence-electron chi connectivity index (χ2n) is 5.78. The quantitative estimate of drug-likeness (QED) is 0.816. The summed E-state index contributed by atoms with van der Waals surface area (Å²) in [5.41, 5.74) is 5.83. The average molecular weight is 345 g/mol. The van der Waals surface area contributed by atoms with Crippen LogP contribution in [0.15, 0.2) is 24.3 Å². The summed E-state index contributed by atoms with van der Waals surface area (Å²) in [6.45, 7) is 3.54. The lowest BCUT2D eigenvalue weighted by atomic mass is 10.1. The second kappa shape index (κ2) is 7.96. The molecule has 0 bridgehead atoms. The van der Waals surface area contributed by atoms with Crippen molar-refractivity contribution < 1.29 is 22.7 Å². The van der Waals surface area contributed by atoms with Crippen molar-refractivity contribution in [3.05, 3.63) is 35.4 Å². The van der Waals surface area contributed by atoms with E-state index in [9.17, 15) is 18.0 Å². The molecule has 1 fully saturated rings. The van der Waals surface area contributed by atoms with Crippen LogP contribution >= 0.6 is 0 Å². The molecule has 1 unspecified atom stereocenters. The smallest absolute Gasteiger partial charge is 0.416 e. The standard InChI is InChI=1S/C16H22F3N3O2/c1-24-15(23)14(10-20)22-8-6-21(7-9-22)11-12-2-4-13(5-3-12)16(17,18)19/h2-5,14H,6-11,20H2,1H3. The van der Waals surface area contributed by atoms with Gasteiger partial charge in [-0.1, -0.05) is 12.1 Å². The number of piperazine rings is 1. The number of benzene rings is 1. The second-order valence-corrected chi connectivity index (χ2v) is 5.78. The summed E-state index contributed by atoms with van der Waals surface area (Å²) in [5, 5.41) is 0. The van der Waals surface area contributed by atoms with Gasteiger partial charge in [-0.15, -0.1) is 0 Å². The maximum absolute atomic E-state index is 12.6. The normalized spacial score (nSPS) is 18.4. The molecule has 1 heterocycles. The fourth-order valence-electron chi connectivity index (χ4n) is 2.82. The number of alkyl halides is 3. The van der Waals surface area contributed by atoms with E-state index in [-0.39, 0.29) is 12.5 Å². The maximum Gasteiger partial charge on any atom is 0.416 e. The lowest BCUT2D eigenvalue weighted by molar-refractivity contribution is -0.147. The molecule has 1 atom stereocenters. The molecule has 1 saturated heterocycles. The van der Waals surface area contributed by atoms with E-state index in [1.165, 1.54) is 19.2 Å². The molecular formula is C16H22F3N3O2. The first kappa shape index (κ1) is 18.7. The highest BCUT2D eigenvalue weighted by Gasteiger charge is 2.30. The molecule has 2 rings (SSSR count). The van der Waals surface area contributed by atoms with Crippen molar-refractivity contribution in [1.29, 1.82) is 0 Å². The molecule has 134 valence electrons. The third-order valence-corrected chi connectivity index (χ3v) is 4.23. The van der Waals surface area contributed by atoms with Gasteiger partial charge in [0, 0.05) is 39.3 Å². The Morgan fingerprint density at radius 1 is 1.21 bits per heavy atom. The molecule has 1 aromatic carbocycles. The number of esters is 1. The first-order valence-electron chi connectivity index (χ1n) is 7.75. The Morgan fingerprint density at radius 2 is 1.79 bits per heavy atom. The van der Waals surface area contributed by atoms with Crippen LogP contribution in [0.1, 0.15) is 11.1 Å². The zero-order chi connectivity index (χ0) is 17.7. The van der Waals surface area contributed by atoms with Crippen LogP contribution in [-0.2, 0) is 22.3 Å². The predicted molar refractivity (Wildman–Crippen MR) is 83.2 cm³/mol. The third kappa shape index (κ3) is 4.68. The number of carbonyl (C=O) groups is 1. The zero-order valence-electron chi connectivity index (χ0n) is 13.6. The van der Waals surface area contributed by atoms with E-state index in [4.69, 9.17) is 10.5 Å². The molecule has 0 radical (unpaired) electrons. The van der Waals surface area contributed by atoms with Gasteiger partial charge >= 0.3 is 12.1 Å². The molecule has 0 amide bonds. The van der Waals surface area contributed by atoms with E-state index >= 15 is 0 Å². The highest BCUT2D eigenvalue weighted by Crippen LogP contribution is 2.29. The fourth-order valence-corrected chi connectivity index (χ4v) is 2.82. The minimum absolute atomic E-state index is 0.200. The highest BCUT2D eigenvalue weighted by atomic mass is 19.4. The van der Waals surface area contributed by atoms with Crippen molar-refractivity contribution in [2.45, 2.75) is 18.8 Å². The number of nitrogens with zero attached hydrogens (tertiary/aromatic N) is 2. The van der Waals surface area contributed by atoms with E-state index in [0.717, 1.165) is 17.7 Å². The molecule has 0 saturated carbocycles. The largest absolute Gasteiger partial charge is 0.468 e. The maximum atomic E-state index is 12.6. The highest BCUT2D eigenvalue weighted by molar-refractivity contribution is 5.75. The number of halogens is 3. The Balaban J connectivity index is 1.88. The third-order valence-electron chi connectivity index (χ3n) is 4.23.